The molecular weight excluding hydrogens is 480 g/mol. The molecule has 0 aromatic heterocycles. The number of hydrogen-bond acceptors (Lipinski definition) is 5. The highest BCUT2D eigenvalue weighted by Gasteiger charge is 2.77. The fourth-order valence-corrected chi connectivity index (χ4v) is 6.71. The number of halogens is 1. The minimum atomic E-state index is -1.25. The molecule has 8 atom stereocenters. The Hall–Kier alpha value is -1.45. The Labute approximate surface area is 198 Å². The van der Waals surface area contributed by atoms with E-state index in [1.54, 1.807) is 11.0 Å². The largest absolute Gasteiger partial charge is 0.481 e. The number of hydrogen-bond donors (Lipinski definition) is 2. The highest BCUT2D eigenvalue weighted by atomic mass is 79.9. The number of carboxylic acids is 1. The molecule has 0 aliphatic carbocycles. The topological polar surface area (TPSA) is 107 Å². The summed E-state index contributed by atoms with van der Waals surface area (Å²) in [5.41, 5.74) is -1.81. The van der Waals surface area contributed by atoms with Crippen LogP contribution in [0.4, 0.5) is 0 Å². The zero-order chi connectivity index (χ0) is 24.2. The Morgan fingerprint density at radius 3 is 2.53 bits per heavy atom. The number of alkyl halides is 1. The molecule has 3 unspecified atom stereocenters. The van der Waals surface area contributed by atoms with E-state index in [1.165, 1.54) is 4.90 Å². The minimum absolute atomic E-state index is 0.0859. The second-order valence-electron chi connectivity index (χ2n) is 10.3. The third kappa shape index (κ3) is 3.60. The molecule has 1 spiro atoms. The Bertz CT molecular complexity index is 798. The summed E-state index contributed by atoms with van der Waals surface area (Å²) in [5.74, 6) is -3.91. The van der Waals surface area contributed by atoms with Gasteiger partial charge in [-0.05, 0) is 33.1 Å². The summed E-state index contributed by atoms with van der Waals surface area (Å²) in [5, 5.41) is 20.2. The summed E-state index contributed by atoms with van der Waals surface area (Å²) in [6.07, 6.45) is 2.00. The van der Waals surface area contributed by atoms with Gasteiger partial charge in [-0.1, -0.05) is 42.3 Å². The number of carboxylic acid groups (broad SMARTS) is 1. The number of carbonyl (C=O) groups is 3. The first-order valence-electron chi connectivity index (χ1n) is 11.3. The first-order valence-corrected chi connectivity index (χ1v) is 12.2. The van der Waals surface area contributed by atoms with Gasteiger partial charge < -0.3 is 24.7 Å². The van der Waals surface area contributed by atoms with Crippen molar-refractivity contribution in [2.75, 3.05) is 13.2 Å². The highest BCUT2D eigenvalue weighted by molar-refractivity contribution is 9.09. The standard InChI is InChI=1S/C23H35BrN2O6/c1-7-9-25(22(4,5)6)20(29)18-23-10-13(24)17(32-23)15(21(30)31)16(23)19(28)26(18)14(11-27)12(3)8-2/h7,12-18,27H,1,8-11H2,2-6H3,(H,30,31)/t12-,13?,14-,15+,16-,17+,18?,23?/m0/s1. The van der Waals surface area contributed by atoms with Gasteiger partial charge in [0.15, 0.2) is 0 Å². The van der Waals surface area contributed by atoms with Crippen LogP contribution in [-0.2, 0) is 19.1 Å². The molecule has 3 fully saturated rings. The minimum Gasteiger partial charge on any atom is -0.481 e. The van der Waals surface area contributed by atoms with Gasteiger partial charge in [0.1, 0.15) is 11.6 Å². The second kappa shape index (κ2) is 8.72. The number of aliphatic hydroxyl groups excluding tert-OH is 1. The Morgan fingerprint density at radius 2 is 2.06 bits per heavy atom. The van der Waals surface area contributed by atoms with E-state index in [0.717, 1.165) is 0 Å². The van der Waals surface area contributed by atoms with E-state index in [0.29, 0.717) is 12.8 Å². The summed E-state index contributed by atoms with van der Waals surface area (Å²) >= 11 is 3.55. The van der Waals surface area contributed by atoms with Crippen molar-refractivity contribution in [1.29, 1.82) is 0 Å². The van der Waals surface area contributed by atoms with Crippen molar-refractivity contribution in [2.45, 2.75) is 81.6 Å². The average molecular weight is 515 g/mol. The molecule has 2 bridgehead atoms. The third-order valence-corrected chi connectivity index (χ3v) is 8.32. The van der Waals surface area contributed by atoms with Gasteiger partial charge in [0.25, 0.3) is 0 Å². The van der Waals surface area contributed by atoms with Crippen molar-refractivity contribution in [1.82, 2.24) is 9.80 Å². The molecular formula is C23H35BrN2O6. The molecule has 3 aliphatic heterocycles. The number of likely N-dealkylation sites (tertiary alicyclic amines) is 1. The molecule has 3 aliphatic rings. The van der Waals surface area contributed by atoms with E-state index in [9.17, 15) is 24.6 Å². The average Bonchev–Trinajstić information content (AvgIpc) is 3.29. The molecule has 32 heavy (non-hydrogen) atoms. The summed E-state index contributed by atoms with van der Waals surface area (Å²) < 4.78 is 6.31. The number of aliphatic hydroxyl groups is 1. The maximum Gasteiger partial charge on any atom is 0.310 e. The Morgan fingerprint density at radius 1 is 1.44 bits per heavy atom. The van der Waals surface area contributed by atoms with Crippen molar-refractivity contribution < 1.29 is 29.3 Å². The lowest BCUT2D eigenvalue weighted by molar-refractivity contribution is -0.156. The SMILES string of the molecule is C=CCN(C(=O)C1N([C@@H](CO)[C@@H](C)CC)C(=O)[C@@H]2[C@@H](C(=O)O)[C@@H]3OC12CC3Br)C(C)(C)C. The van der Waals surface area contributed by atoms with Crippen LogP contribution in [0.2, 0.25) is 0 Å². The molecule has 8 nitrogen and oxygen atoms in total. The van der Waals surface area contributed by atoms with Crippen LogP contribution in [-0.4, -0.2) is 85.1 Å². The van der Waals surface area contributed by atoms with Gasteiger partial charge in [-0.2, -0.15) is 0 Å². The van der Waals surface area contributed by atoms with Crippen LogP contribution in [0.3, 0.4) is 0 Å². The lowest BCUT2D eigenvalue weighted by Gasteiger charge is -2.44. The quantitative estimate of drug-likeness (QED) is 0.379. The number of rotatable bonds is 8. The van der Waals surface area contributed by atoms with Crippen molar-refractivity contribution in [3.8, 4) is 0 Å². The van der Waals surface area contributed by atoms with Crippen LogP contribution in [0.5, 0.6) is 0 Å². The van der Waals surface area contributed by atoms with Crippen LogP contribution in [0.25, 0.3) is 0 Å². The lowest BCUT2D eigenvalue weighted by Crippen LogP contribution is -2.62. The molecule has 2 N–H and O–H groups in total. The van der Waals surface area contributed by atoms with Gasteiger partial charge in [0, 0.05) is 16.9 Å². The number of aliphatic carboxylic acids is 1. The molecule has 2 amide bonds. The normalized spacial score (nSPS) is 35.5. The maximum absolute atomic E-state index is 14.1. The zero-order valence-corrected chi connectivity index (χ0v) is 21.0. The van der Waals surface area contributed by atoms with Crippen LogP contribution in [0.1, 0.15) is 47.5 Å². The fourth-order valence-electron chi connectivity index (χ4n) is 5.77. The van der Waals surface area contributed by atoms with Gasteiger partial charge in [-0.3, -0.25) is 14.4 Å². The first kappa shape index (κ1) is 25.2. The fraction of sp³-hybridized carbons (Fsp3) is 0.783. The Balaban J connectivity index is 2.19. The van der Waals surface area contributed by atoms with Gasteiger partial charge in [-0.25, -0.2) is 0 Å². The van der Waals surface area contributed by atoms with E-state index < -0.39 is 53.0 Å². The van der Waals surface area contributed by atoms with Gasteiger partial charge in [0.2, 0.25) is 11.8 Å². The Kier molecular flexibility index (Phi) is 6.86. The smallest absolute Gasteiger partial charge is 0.310 e. The lowest BCUT2D eigenvalue weighted by atomic mass is 9.70. The van der Waals surface area contributed by atoms with Crippen LogP contribution in [0, 0.1) is 17.8 Å². The predicted molar refractivity (Wildman–Crippen MR) is 122 cm³/mol. The number of ether oxygens (including phenoxy) is 1. The first-order chi connectivity index (χ1) is 14.9. The third-order valence-electron chi connectivity index (χ3n) is 7.48. The number of carbonyl (C=O) groups excluding carboxylic acids is 2. The molecule has 180 valence electrons. The molecule has 0 radical (unpaired) electrons. The summed E-state index contributed by atoms with van der Waals surface area (Å²) in [6, 6.07) is -1.63. The van der Waals surface area contributed by atoms with E-state index >= 15 is 0 Å². The monoisotopic (exact) mass is 514 g/mol. The maximum atomic E-state index is 14.1. The van der Waals surface area contributed by atoms with E-state index in [-0.39, 0.29) is 29.8 Å². The molecule has 0 saturated carbocycles. The number of nitrogens with zero attached hydrogens (tertiary/aromatic N) is 2. The molecule has 0 aromatic rings. The molecule has 3 rings (SSSR count). The molecule has 3 heterocycles. The highest BCUT2D eigenvalue weighted by Crippen LogP contribution is 2.60. The van der Waals surface area contributed by atoms with E-state index in [2.05, 4.69) is 22.5 Å². The predicted octanol–water partition coefficient (Wildman–Crippen LogP) is 2.04. The summed E-state index contributed by atoms with van der Waals surface area (Å²) in [6.45, 7) is 13.3. The zero-order valence-electron chi connectivity index (χ0n) is 19.5. The number of fused-ring (bicyclic) bond motifs is 1. The molecule has 3 saturated heterocycles. The molecule has 9 heteroatoms. The number of amides is 2. The van der Waals surface area contributed by atoms with Crippen LogP contribution >= 0.6 is 15.9 Å². The van der Waals surface area contributed by atoms with Gasteiger partial charge in [-0.15, -0.1) is 6.58 Å². The summed E-state index contributed by atoms with van der Waals surface area (Å²) in [4.78, 5) is 43.0. The van der Waals surface area contributed by atoms with Crippen LogP contribution in [0.15, 0.2) is 12.7 Å². The van der Waals surface area contributed by atoms with Crippen molar-refractivity contribution in [3.05, 3.63) is 12.7 Å². The van der Waals surface area contributed by atoms with Crippen molar-refractivity contribution >= 4 is 33.7 Å². The van der Waals surface area contributed by atoms with E-state index in [1.807, 2.05) is 34.6 Å². The van der Waals surface area contributed by atoms with Gasteiger partial charge >= 0.3 is 5.97 Å². The molecule has 0 aromatic carbocycles. The van der Waals surface area contributed by atoms with E-state index in [4.69, 9.17) is 4.74 Å². The summed E-state index contributed by atoms with van der Waals surface area (Å²) in [7, 11) is 0. The second-order valence-corrected chi connectivity index (χ2v) is 11.5. The van der Waals surface area contributed by atoms with Crippen molar-refractivity contribution in [2.24, 2.45) is 17.8 Å². The van der Waals surface area contributed by atoms with Crippen molar-refractivity contribution in [3.63, 3.8) is 0 Å². The van der Waals surface area contributed by atoms with Gasteiger partial charge in [0.05, 0.1) is 30.6 Å². The van der Waals surface area contributed by atoms with Crippen LogP contribution < -0.4 is 0 Å².